The molecule has 0 amide bonds. The molecule has 0 atom stereocenters. The summed E-state index contributed by atoms with van der Waals surface area (Å²) in [6.07, 6.45) is 14.9. The van der Waals surface area contributed by atoms with Gasteiger partial charge in [0.1, 0.15) is 0 Å². The van der Waals surface area contributed by atoms with E-state index in [9.17, 15) is 0 Å². The molecule has 0 N–H and O–H groups in total. The fraction of sp³-hybridized carbons (Fsp3) is 0.647. The van der Waals surface area contributed by atoms with Crippen molar-refractivity contribution in [1.82, 2.24) is 4.90 Å². The van der Waals surface area contributed by atoms with Crippen molar-refractivity contribution in [3.05, 3.63) is 29.2 Å². The molecule has 0 aromatic rings. The van der Waals surface area contributed by atoms with E-state index in [-0.39, 0.29) is 30.6 Å². The minimum Gasteiger partial charge on any atom is -0.813 e. The van der Waals surface area contributed by atoms with Gasteiger partial charge >= 0.3 is 0 Å². The molecule has 2 heterocycles. The molecule has 1 radical (unpaired) electrons. The van der Waals surface area contributed by atoms with Crippen LogP contribution < -0.4 is 0 Å². The van der Waals surface area contributed by atoms with Crippen molar-refractivity contribution in [2.75, 3.05) is 19.6 Å². The quantitative estimate of drug-likeness (QED) is 0.178. The van der Waals surface area contributed by atoms with Gasteiger partial charge in [0.05, 0.1) is 5.71 Å². The fourth-order valence-corrected chi connectivity index (χ4v) is 3.60. The predicted molar refractivity (Wildman–Crippen MR) is 104 cm³/mol. The number of hydrogen-bond donors (Lipinski definition) is 0. The topological polar surface area (TPSA) is 42.1 Å². The van der Waals surface area contributed by atoms with Crippen LogP contribution in [0, 0.1) is 5.92 Å². The van der Waals surface area contributed by atoms with E-state index in [4.69, 9.17) is 12.6 Å². The van der Waals surface area contributed by atoms with Crippen LogP contribution in [0.15, 0.2) is 34.1 Å². The van der Waals surface area contributed by atoms with E-state index < -0.39 is 0 Å². The molecule has 3 aliphatic rings. The Hall–Kier alpha value is -0.491. The number of nitrogens with zero attached hydrogens (tertiary/aromatic N) is 4. The summed E-state index contributed by atoms with van der Waals surface area (Å²) in [5, 5.41) is 14.2. The Morgan fingerprint density at radius 2 is 1.79 bits per heavy atom. The summed E-state index contributed by atoms with van der Waals surface area (Å²) in [5.41, 5.74) is 2.05. The van der Waals surface area contributed by atoms with Gasteiger partial charge in [-0.15, -0.1) is 18.3 Å². The van der Waals surface area contributed by atoms with Gasteiger partial charge in [-0.25, -0.2) is 0 Å². The smallest absolute Gasteiger partial charge is 0.0513 e. The molecular weight excluding hydrogens is 388 g/mol. The molecule has 3 rings (SSSR count). The maximum atomic E-state index is 5.42. The van der Waals surface area contributed by atoms with Gasteiger partial charge in [-0.2, -0.15) is 10.2 Å². The van der Waals surface area contributed by atoms with Gasteiger partial charge in [-0.05, 0) is 25.7 Å². The van der Waals surface area contributed by atoms with Crippen molar-refractivity contribution >= 4 is 37.0 Å². The van der Waals surface area contributed by atoms with Crippen LogP contribution in [0.3, 0.4) is 0 Å². The number of hydrogen-bond acceptors (Lipinski definition) is 4. The minimum absolute atomic E-state index is 0. The second-order valence-electron chi connectivity index (χ2n) is 6.22. The maximum Gasteiger partial charge on any atom is 0.0513 e. The Kier molecular flexibility index (Phi) is 10.0. The van der Waals surface area contributed by atoms with Crippen LogP contribution in [-0.4, -0.2) is 35.4 Å². The van der Waals surface area contributed by atoms with Crippen LogP contribution in [0.1, 0.15) is 44.9 Å². The Morgan fingerprint density at radius 3 is 2.42 bits per heavy atom. The zero-order valence-electron chi connectivity index (χ0n) is 13.8. The summed E-state index contributed by atoms with van der Waals surface area (Å²) in [5.74, 6) is 0.486. The number of thiol groups is 1. The maximum absolute atomic E-state index is 5.42. The van der Waals surface area contributed by atoms with E-state index >= 15 is 0 Å². The van der Waals surface area contributed by atoms with Crippen molar-refractivity contribution in [1.29, 1.82) is 0 Å². The van der Waals surface area contributed by atoms with Crippen molar-refractivity contribution in [2.24, 2.45) is 16.1 Å². The molecule has 7 heteroatoms. The molecule has 1 aliphatic carbocycles. The summed E-state index contributed by atoms with van der Waals surface area (Å²) in [4.78, 5) is 2.16. The van der Waals surface area contributed by atoms with Gasteiger partial charge in [0.15, 0.2) is 0 Å². The first-order valence-corrected chi connectivity index (χ1v) is 8.87. The van der Waals surface area contributed by atoms with Crippen LogP contribution in [0.4, 0.5) is 0 Å². The minimum atomic E-state index is 0. The molecule has 1 saturated heterocycles. The molecule has 24 heavy (non-hydrogen) atoms. The number of allylic oxidation sites excluding steroid dienone is 3. The first-order chi connectivity index (χ1) is 10.8. The first-order valence-electron chi connectivity index (χ1n) is 8.47. The second-order valence-corrected chi connectivity index (χ2v) is 6.58. The van der Waals surface area contributed by atoms with Gasteiger partial charge in [0.2, 0.25) is 0 Å². The third-order valence-electron chi connectivity index (χ3n) is 4.63. The van der Waals surface area contributed by atoms with Crippen LogP contribution in [0.25, 0.3) is 5.32 Å². The number of rotatable bonds is 3. The van der Waals surface area contributed by atoms with Gasteiger partial charge in [-0.3, -0.25) is 0 Å². The van der Waals surface area contributed by atoms with Crippen molar-refractivity contribution in [3.63, 3.8) is 0 Å². The average molecular weight is 413 g/mol. The Bertz CT molecular complexity index is 505. The van der Waals surface area contributed by atoms with Gasteiger partial charge < -0.3 is 36.3 Å². The van der Waals surface area contributed by atoms with E-state index in [1.807, 2.05) is 0 Å². The normalized spacial score (nSPS) is 22.3. The molecule has 0 bridgehead atoms. The van der Waals surface area contributed by atoms with Crippen LogP contribution in [0.5, 0.6) is 0 Å². The Balaban J connectivity index is 0.00000144. The van der Waals surface area contributed by atoms with E-state index in [1.165, 1.54) is 44.9 Å². The van der Waals surface area contributed by atoms with Crippen LogP contribution >= 0.6 is 0 Å². The number of likely N-dealkylation sites (tertiary alicyclic amines) is 1. The van der Waals surface area contributed by atoms with Gasteiger partial charge in [0.25, 0.3) is 0 Å². The van der Waals surface area contributed by atoms with Gasteiger partial charge in [-0.1, -0.05) is 31.4 Å². The molecule has 139 valence electrons. The van der Waals surface area contributed by atoms with E-state index in [0.717, 1.165) is 31.0 Å². The summed E-state index contributed by atoms with van der Waals surface area (Å²) in [7, 11) is 0. The summed E-state index contributed by atoms with van der Waals surface area (Å²) < 4.78 is 0. The molecule has 2 fully saturated rings. The Labute approximate surface area is 168 Å². The summed E-state index contributed by atoms with van der Waals surface area (Å²) in [6.45, 7) is 2.78. The largest absolute Gasteiger partial charge is 0.813 e. The molecular formula is C17H25CuN4S2-3. The van der Waals surface area contributed by atoms with Gasteiger partial charge in [0, 0.05) is 41.2 Å². The third-order valence-corrected chi connectivity index (χ3v) is 4.97. The first kappa shape index (κ1) is 21.6. The van der Waals surface area contributed by atoms with Crippen molar-refractivity contribution in [3.8, 4) is 0 Å². The molecule has 2 aliphatic heterocycles. The van der Waals surface area contributed by atoms with E-state index in [1.54, 1.807) is 0 Å². The second kappa shape index (κ2) is 11.2. The van der Waals surface area contributed by atoms with Crippen molar-refractivity contribution in [2.45, 2.75) is 44.9 Å². The van der Waals surface area contributed by atoms with Crippen molar-refractivity contribution < 1.29 is 17.1 Å². The SMILES string of the molecule is [Cu].[S-]C(=NN=C(C1=CC=CC[N-]1)C1CCCCC1)N1CCCC1.[SH-]. The standard InChI is InChI=1S/C17H25N4S.Cu.H2S/c22-17(21-12-6-7-13-21)20-19-16(14-8-2-1-3-9-14)15-10-4-5-11-18-15;;/h4-5,10,14H,1-3,6-9,11-13H2,(H,20,22);;1H2/q-1;;/p-2. The summed E-state index contributed by atoms with van der Waals surface area (Å²) >= 11 is 5.42. The number of amidine groups is 1. The molecule has 0 aromatic carbocycles. The Morgan fingerprint density at radius 1 is 1.08 bits per heavy atom. The summed E-state index contributed by atoms with van der Waals surface area (Å²) in [6, 6.07) is 0. The molecule has 0 aromatic heterocycles. The molecule has 0 unspecified atom stereocenters. The molecule has 4 nitrogen and oxygen atoms in total. The zero-order chi connectivity index (χ0) is 15.2. The fourth-order valence-electron chi connectivity index (χ4n) is 3.38. The van der Waals surface area contributed by atoms with E-state index in [2.05, 4.69) is 38.6 Å². The molecule has 1 saturated carbocycles. The average Bonchev–Trinajstić information content (AvgIpc) is 3.11. The van der Waals surface area contributed by atoms with Crippen LogP contribution in [0.2, 0.25) is 0 Å². The monoisotopic (exact) mass is 412 g/mol. The van der Waals surface area contributed by atoms with E-state index in [0.29, 0.717) is 11.1 Å². The zero-order valence-corrected chi connectivity index (χ0v) is 16.5. The molecule has 0 spiro atoms. The third kappa shape index (κ3) is 5.80. The van der Waals surface area contributed by atoms with Crippen LogP contribution in [-0.2, 0) is 43.2 Å². The predicted octanol–water partition coefficient (Wildman–Crippen LogP) is 3.48.